The van der Waals surface area contributed by atoms with Crippen molar-refractivity contribution in [3.63, 3.8) is 0 Å². The molecule has 4 heteroatoms. The van der Waals surface area contributed by atoms with Crippen LogP contribution in [0.15, 0.2) is 24.3 Å². The lowest BCUT2D eigenvalue weighted by Gasteiger charge is -2.10. The van der Waals surface area contributed by atoms with E-state index in [0.717, 1.165) is 29.8 Å². The predicted octanol–water partition coefficient (Wildman–Crippen LogP) is 2.18. The predicted molar refractivity (Wildman–Crippen MR) is 67.1 cm³/mol. The molecule has 92 valence electrons. The van der Waals surface area contributed by atoms with Gasteiger partial charge in [0.15, 0.2) is 0 Å². The van der Waals surface area contributed by atoms with E-state index in [-0.39, 0.29) is 12.0 Å². The van der Waals surface area contributed by atoms with E-state index in [9.17, 15) is 4.79 Å². The first-order chi connectivity index (χ1) is 8.25. The Labute approximate surface area is 106 Å². The van der Waals surface area contributed by atoms with Crippen LogP contribution in [0.4, 0.5) is 0 Å². The van der Waals surface area contributed by atoms with Gasteiger partial charge in [0.2, 0.25) is 5.91 Å². The number of rotatable bonds is 4. The van der Waals surface area contributed by atoms with Crippen molar-refractivity contribution in [3.05, 3.63) is 34.9 Å². The lowest BCUT2D eigenvalue weighted by atomic mass is 10.1. The molecule has 1 N–H and O–H groups in total. The summed E-state index contributed by atoms with van der Waals surface area (Å²) in [5.74, 6) is 0.00419. The minimum Gasteiger partial charge on any atom is -0.368 e. The van der Waals surface area contributed by atoms with Gasteiger partial charge in [0.05, 0.1) is 0 Å². The highest BCUT2D eigenvalue weighted by atomic mass is 35.5. The Morgan fingerprint density at radius 1 is 1.53 bits per heavy atom. The first-order valence-electron chi connectivity index (χ1n) is 5.89. The van der Waals surface area contributed by atoms with Crippen molar-refractivity contribution >= 4 is 17.5 Å². The molecule has 0 bridgehead atoms. The van der Waals surface area contributed by atoms with Crippen LogP contribution in [0.1, 0.15) is 18.4 Å². The lowest BCUT2D eigenvalue weighted by molar-refractivity contribution is -0.129. The monoisotopic (exact) mass is 253 g/mol. The van der Waals surface area contributed by atoms with Crippen LogP contribution in [0.5, 0.6) is 0 Å². The molecule has 3 nitrogen and oxygen atoms in total. The van der Waals surface area contributed by atoms with Crippen LogP contribution in [0.3, 0.4) is 0 Å². The Bertz CT molecular complexity index is 389. The van der Waals surface area contributed by atoms with E-state index in [2.05, 4.69) is 5.32 Å². The van der Waals surface area contributed by atoms with E-state index < -0.39 is 0 Å². The van der Waals surface area contributed by atoms with Gasteiger partial charge in [0.25, 0.3) is 0 Å². The minimum absolute atomic E-state index is 0.00419. The second-order valence-corrected chi connectivity index (χ2v) is 4.61. The molecular formula is C13H16ClNO2. The van der Waals surface area contributed by atoms with Crippen molar-refractivity contribution in [2.45, 2.75) is 25.4 Å². The second-order valence-electron chi connectivity index (χ2n) is 4.17. The standard InChI is InChI=1S/C13H16ClNO2/c14-11-4-1-3-10(9-11)6-7-15-13(16)12-5-2-8-17-12/h1,3-4,9,12H,2,5-8H2,(H,15,16). The summed E-state index contributed by atoms with van der Waals surface area (Å²) in [6.07, 6.45) is 2.36. The third-order valence-electron chi connectivity index (χ3n) is 2.82. The molecular weight excluding hydrogens is 238 g/mol. The van der Waals surface area contributed by atoms with Crippen LogP contribution in [0.2, 0.25) is 5.02 Å². The molecule has 0 saturated carbocycles. The van der Waals surface area contributed by atoms with Crippen LogP contribution in [-0.2, 0) is 16.0 Å². The summed E-state index contributed by atoms with van der Waals surface area (Å²) in [6, 6.07) is 7.68. The fraction of sp³-hybridized carbons (Fsp3) is 0.462. The highest BCUT2D eigenvalue weighted by Crippen LogP contribution is 2.12. The molecule has 1 aromatic rings. The van der Waals surface area contributed by atoms with Crippen molar-refractivity contribution < 1.29 is 9.53 Å². The number of hydrogen-bond donors (Lipinski definition) is 1. The van der Waals surface area contributed by atoms with Crippen LogP contribution < -0.4 is 5.32 Å². The van der Waals surface area contributed by atoms with E-state index in [1.54, 1.807) is 0 Å². The van der Waals surface area contributed by atoms with Crippen LogP contribution in [0.25, 0.3) is 0 Å². The first kappa shape index (κ1) is 12.4. The van der Waals surface area contributed by atoms with Gasteiger partial charge in [-0.3, -0.25) is 4.79 Å². The van der Waals surface area contributed by atoms with Crippen LogP contribution in [-0.4, -0.2) is 25.2 Å². The van der Waals surface area contributed by atoms with Crippen molar-refractivity contribution in [1.29, 1.82) is 0 Å². The number of benzene rings is 1. The zero-order valence-electron chi connectivity index (χ0n) is 9.62. The third-order valence-corrected chi connectivity index (χ3v) is 3.06. The number of amides is 1. The molecule has 1 saturated heterocycles. The van der Waals surface area contributed by atoms with Gasteiger partial charge < -0.3 is 10.1 Å². The number of hydrogen-bond acceptors (Lipinski definition) is 2. The fourth-order valence-corrected chi connectivity index (χ4v) is 2.13. The summed E-state index contributed by atoms with van der Waals surface area (Å²) in [5, 5.41) is 3.62. The molecule has 0 aliphatic carbocycles. The summed E-state index contributed by atoms with van der Waals surface area (Å²) < 4.78 is 5.30. The summed E-state index contributed by atoms with van der Waals surface area (Å²) in [7, 11) is 0. The van der Waals surface area contributed by atoms with E-state index in [1.165, 1.54) is 0 Å². The largest absolute Gasteiger partial charge is 0.368 e. The second kappa shape index (κ2) is 6.03. The molecule has 1 fully saturated rings. The third kappa shape index (κ3) is 3.72. The van der Waals surface area contributed by atoms with E-state index in [1.807, 2.05) is 24.3 Å². The normalized spacial score (nSPS) is 19.2. The Morgan fingerprint density at radius 3 is 3.12 bits per heavy atom. The average molecular weight is 254 g/mol. The Morgan fingerprint density at radius 2 is 2.41 bits per heavy atom. The highest BCUT2D eigenvalue weighted by molar-refractivity contribution is 6.30. The Hall–Kier alpha value is -1.06. The molecule has 1 amide bonds. The number of carbonyl (C=O) groups excluding carboxylic acids is 1. The molecule has 0 spiro atoms. The molecule has 1 atom stereocenters. The maximum atomic E-state index is 11.6. The number of carbonyl (C=O) groups is 1. The van der Waals surface area contributed by atoms with Crippen LogP contribution in [0, 0.1) is 0 Å². The van der Waals surface area contributed by atoms with E-state index in [0.29, 0.717) is 13.2 Å². The lowest BCUT2D eigenvalue weighted by Crippen LogP contribution is -2.35. The maximum absolute atomic E-state index is 11.6. The molecule has 1 aliphatic heterocycles. The number of halogens is 1. The highest BCUT2D eigenvalue weighted by Gasteiger charge is 2.22. The SMILES string of the molecule is O=C(NCCc1cccc(Cl)c1)C1CCCO1. The summed E-state index contributed by atoms with van der Waals surface area (Å²) in [5.41, 5.74) is 1.13. The van der Waals surface area contributed by atoms with Crippen molar-refractivity contribution in [1.82, 2.24) is 5.32 Å². The first-order valence-corrected chi connectivity index (χ1v) is 6.27. The summed E-state index contributed by atoms with van der Waals surface area (Å²) >= 11 is 5.88. The Kier molecular flexibility index (Phi) is 4.40. The molecule has 2 rings (SSSR count). The quantitative estimate of drug-likeness (QED) is 0.893. The molecule has 1 heterocycles. The van der Waals surface area contributed by atoms with Gasteiger partial charge in [-0.2, -0.15) is 0 Å². The minimum atomic E-state index is -0.241. The van der Waals surface area contributed by atoms with Gasteiger partial charge in [-0.05, 0) is 37.0 Å². The average Bonchev–Trinajstić information content (AvgIpc) is 2.82. The van der Waals surface area contributed by atoms with Gasteiger partial charge in [0, 0.05) is 18.2 Å². The van der Waals surface area contributed by atoms with Gasteiger partial charge in [-0.1, -0.05) is 23.7 Å². The molecule has 1 unspecified atom stereocenters. The fourth-order valence-electron chi connectivity index (χ4n) is 1.92. The summed E-state index contributed by atoms with van der Waals surface area (Å²) in [6.45, 7) is 1.32. The Balaban J connectivity index is 1.73. The van der Waals surface area contributed by atoms with Gasteiger partial charge in [0.1, 0.15) is 6.10 Å². The summed E-state index contributed by atoms with van der Waals surface area (Å²) in [4.78, 5) is 11.6. The van der Waals surface area contributed by atoms with Gasteiger partial charge >= 0.3 is 0 Å². The van der Waals surface area contributed by atoms with Crippen molar-refractivity contribution in [3.8, 4) is 0 Å². The molecule has 17 heavy (non-hydrogen) atoms. The number of ether oxygens (including phenoxy) is 1. The smallest absolute Gasteiger partial charge is 0.249 e. The zero-order valence-corrected chi connectivity index (χ0v) is 10.4. The van der Waals surface area contributed by atoms with Crippen LogP contribution >= 0.6 is 11.6 Å². The topological polar surface area (TPSA) is 38.3 Å². The van der Waals surface area contributed by atoms with Crippen molar-refractivity contribution in [2.75, 3.05) is 13.2 Å². The molecule has 1 aliphatic rings. The molecule has 1 aromatic carbocycles. The van der Waals surface area contributed by atoms with E-state index >= 15 is 0 Å². The number of nitrogens with one attached hydrogen (secondary N) is 1. The van der Waals surface area contributed by atoms with Gasteiger partial charge in [-0.25, -0.2) is 0 Å². The van der Waals surface area contributed by atoms with E-state index in [4.69, 9.17) is 16.3 Å². The zero-order chi connectivity index (χ0) is 12.1. The van der Waals surface area contributed by atoms with Crippen molar-refractivity contribution in [2.24, 2.45) is 0 Å². The molecule has 0 aromatic heterocycles. The van der Waals surface area contributed by atoms with Gasteiger partial charge in [-0.15, -0.1) is 0 Å². The maximum Gasteiger partial charge on any atom is 0.249 e. The molecule has 0 radical (unpaired) electrons.